The van der Waals surface area contributed by atoms with E-state index in [4.69, 9.17) is 46.4 Å². The van der Waals surface area contributed by atoms with Crippen LogP contribution in [0.25, 0.3) is 0 Å². The van der Waals surface area contributed by atoms with Gasteiger partial charge in [0.2, 0.25) is 5.78 Å². The van der Waals surface area contributed by atoms with Gasteiger partial charge in [-0.05, 0) is 30.0 Å². The standard InChI is InChI=1S/C12H6Cl4OS/c1-5-4-18-12(10(5)16)11(17)9-7(14)2-6(13)3-8(9)15/h2-4H,1H3. The van der Waals surface area contributed by atoms with Crippen LogP contribution < -0.4 is 0 Å². The summed E-state index contributed by atoms with van der Waals surface area (Å²) < 4.78 is 0. The maximum absolute atomic E-state index is 12.3. The Hall–Kier alpha value is -0.250. The van der Waals surface area contributed by atoms with E-state index >= 15 is 0 Å². The second kappa shape index (κ2) is 5.40. The first-order valence-corrected chi connectivity index (χ1v) is 7.23. The molecule has 2 rings (SSSR count). The first-order chi connectivity index (χ1) is 8.41. The number of carbonyl (C=O) groups excluding carboxylic acids is 1. The molecule has 0 bridgehead atoms. The number of rotatable bonds is 2. The highest BCUT2D eigenvalue weighted by Crippen LogP contribution is 2.35. The lowest BCUT2D eigenvalue weighted by molar-refractivity contribution is 0.104. The quantitative estimate of drug-likeness (QED) is 0.622. The van der Waals surface area contributed by atoms with Crippen LogP contribution in [0, 0.1) is 6.92 Å². The molecular formula is C12H6Cl4OS. The third kappa shape index (κ3) is 2.54. The van der Waals surface area contributed by atoms with Crippen LogP contribution >= 0.6 is 57.7 Å². The molecule has 6 heteroatoms. The Morgan fingerprint density at radius 1 is 1.11 bits per heavy atom. The molecule has 0 saturated heterocycles. The molecule has 18 heavy (non-hydrogen) atoms. The van der Waals surface area contributed by atoms with Crippen molar-refractivity contribution in [3.63, 3.8) is 0 Å². The van der Waals surface area contributed by atoms with Crippen molar-refractivity contribution in [2.75, 3.05) is 0 Å². The van der Waals surface area contributed by atoms with E-state index in [1.807, 2.05) is 12.3 Å². The lowest BCUT2D eigenvalue weighted by Gasteiger charge is -2.06. The van der Waals surface area contributed by atoms with E-state index in [-0.39, 0.29) is 21.4 Å². The van der Waals surface area contributed by atoms with Gasteiger partial charge in [0, 0.05) is 5.02 Å². The Morgan fingerprint density at radius 2 is 1.67 bits per heavy atom. The topological polar surface area (TPSA) is 17.1 Å². The van der Waals surface area contributed by atoms with Gasteiger partial charge >= 0.3 is 0 Å². The number of hydrogen-bond donors (Lipinski definition) is 0. The average Bonchev–Trinajstić information content (AvgIpc) is 2.58. The molecule has 0 aliphatic rings. The molecule has 0 spiro atoms. The van der Waals surface area contributed by atoms with Gasteiger partial charge in [-0.3, -0.25) is 4.79 Å². The summed E-state index contributed by atoms with van der Waals surface area (Å²) in [7, 11) is 0. The van der Waals surface area contributed by atoms with Crippen LogP contribution in [0.2, 0.25) is 20.1 Å². The number of thiophene rings is 1. The molecular weight excluding hydrogens is 334 g/mol. The Balaban J connectivity index is 2.57. The number of hydrogen-bond acceptors (Lipinski definition) is 2. The van der Waals surface area contributed by atoms with Crippen LogP contribution in [-0.2, 0) is 0 Å². The molecule has 1 nitrogen and oxygen atoms in total. The zero-order chi connectivity index (χ0) is 13.4. The van der Waals surface area contributed by atoms with Crippen molar-refractivity contribution in [3.05, 3.63) is 53.6 Å². The fourth-order valence-electron chi connectivity index (χ4n) is 1.46. The Morgan fingerprint density at radius 3 is 2.11 bits per heavy atom. The van der Waals surface area contributed by atoms with Crippen molar-refractivity contribution >= 4 is 63.5 Å². The molecule has 2 aromatic rings. The van der Waals surface area contributed by atoms with Crippen LogP contribution in [0.15, 0.2) is 17.5 Å². The lowest BCUT2D eigenvalue weighted by Crippen LogP contribution is -2.02. The molecule has 1 aromatic carbocycles. The Kier molecular flexibility index (Phi) is 4.25. The number of ketones is 1. The monoisotopic (exact) mass is 338 g/mol. The van der Waals surface area contributed by atoms with Crippen LogP contribution in [0.3, 0.4) is 0 Å². The second-order valence-electron chi connectivity index (χ2n) is 3.64. The highest BCUT2D eigenvalue weighted by Gasteiger charge is 2.22. The first-order valence-electron chi connectivity index (χ1n) is 4.84. The van der Waals surface area contributed by atoms with Gasteiger partial charge in [-0.25, -0.2) is 0 Å². The molecule has 0 radical (unpaired) electrons. The van der Waals surface area contributed by atoms with Crippen molar-refractivity contribution < 1.29 is 4.79 Å². The highest BCUT2D eigenvalue weighted by molar-refractivity contribution is 7.13. The minimum Gasteiger partial charge on any atom is -0.288 e. The molecule has 0 unspecified atom stereocenters. The van der Waals surface area contributed by atoms with Gasteiger partial charge in [-0.2, -0.15) is 0 Å². The largest absolute Gasteiger partial charge is 0.288 e. The molecule has 0 amide bonds. The molecule has 0 aliphatic heterocycles. The van der Waals surface area contributed by atoms with Crippen LogP contribution in [0.5, 0.6) is 0 Å². The summed E-state index contributed by atoms with van der Waals surface area (Å²) in [5, 5.41) is 3.08. The predicted octanol–water partition coefficient (Wildman–Crippen LogP) is 5.90. The van der Waals surface area contributed by atoms with E-state index in [1.165, 1.54) is 23.5 Å². The zero-order valence-electron chi connectivity index (χ0n) is 9.06. The van der Waals surface area contributed by atoms with Gasteiger partial charge in [-0.15, -0.1) is 11.3 Å². The summed E-state index contributed by atoms with van der Waals surface area (Å²) in [6.45, 7) is 1.83. The minimum atomic E-state index is -0.287. The lowest BCUT2D eigenvalue weighted by atomic mass is 10.1. The van der Waals surface area contributed by atoms with Gasteiger partial charge in [-0.1, -0.05) is 46.4 Å². The number of carbonyl (C=O) groups is 1. The third-order valence-electron chi connectivity index (χ3n) is 2.34. The van der Waals surface area contributed by atoms with Gasteiger partial charge < -0.3 is 0 Å². The summed E-state index contributed by atoms with van der Waals surface area (Å²) in [6, 6.07) is 2.97. The van der Waals surface area contributed by atoms with E-state index in [0.29, 0.717) is 14.9 Å². The van der Waals surface area contributed by atoms with Crippen molar-refractivity contribution in [1.29, 1.82) is 0 Å². The Bertz CT molecular complexity index is 610. The summed E-state index contributed by atoms with van der Waals surface area (Å²) in [5.41, 5.74) is 1.08. The zero-order valence-corrected chi connectivity index (χ0v) is 12.9. The van der Waals surface area contributed by atoms with E-state index in [2.05, 4.69) is 0 Å². The van der Waals surface area contributed by atoms with Gasteiger partial charge in [0.05, 0.1) is 25.5 Å². The second-order valence-corrected chi connectivity index (χ2v) is 6.14. The summed E-state index contributed by atoms with van der Waals surface area (Å²) in [6.07, 6.45) is 0. The normalized spacial score (nSPS) is 10.7. The smallest absolute Gasteiger partial charge is 0.207 e. The van der Waals surface area contributed by atoms with E-state index in [1.54, 1.807) is 0 Å². The van der Waals surface area contributed by atoms with Crippen LogP contribution in [0.4, 0.5) is 0 Å². The fraction of sp³-hybridized carbons (Fsp3) is 0.0833. The molecule has 0 fully saturated rings. The molecule has 0 N–H and O–H groups in total. The Labute approximate surface area is 128 Å². The third-order valence-corrected chi connectivity index (χ3v) is 4.85. The predicted molar refractivity (Wildman–Crippen MR) is 79.0 cm³/mol. The van der Waals surface area contributed by atoms with Gasteiger partial charge in [0.25, 0.3) is 0 Å². The number of aryl methyl sites for hydroxylation is 1. The van der Waals surface area contributed by atoms with Crippen molar-refractivity contribution in [2.45, 2.75) is 6.92 Å². The molecule has 94 valence electrons. The van der Waals surface area contributed by atoms with E-state index in [9.17, 15) is 4.79 Å². The van der Waals surface area contributed by atoms with Gasteiger partial charge in [0.1, 0.15) is 0 Å². The summed E-state index contributed by atoms with van der Waals surface area (Å²) >= 11 is 25.2. The van der Waals surface area contributed by atoms with E-state index < -0.39 is 0 Å². The fourth-order valence-corrected chi connectivity index (χ4v) is 3.67. The first kappa shape index (κ1) is 14.2. The van der Waals surface area contributed by atoms with E-state index in [0.717, 1.165) is 5.56 Å². The molecule has 1 heterocycles. The maximum Gasteiger partial charge on any atom is 0.207 e. The number of benzene rings is 1. The summed E-state index contributed by atoms with van der Waals surface area (Å²) in [4.78, 5) is 12.8. The molecule has 1 aromatic heterocycles. The highest BCUT2D eigenvalue weighted by atomic mass is 35.5. The average molecular weight is 340 g/mol. The number of halogens is 4. The van der Waals surface area contributed by atoms with Crippen LogP contribution in [0.1, 0.15) is 20.8 Å². The summed E-state index contributed by atoms with van der Waals surface area (Å²) in [5.74, 6) is -0.287. The molecule has 0 aliphatic carbocycles. The maximum atomic E-state index is 12.3. The SMILES string of the molecule is Cc1csc(C(=O)c2c(Cl)cc(Cl)cc2Cl)c1Cl. The van der Waals surface area contributed by atoms with Crippen molar-refractivity contribution in [1.82, 2.24) is 0 Å². The molecule has 0 atom stereocenters. The van der Waals surface area contributed by atoms with Crippen LogP contribution in [-0.4, -0.2) is 5.78 Å². The van der Waals surface area contributed by atoms with Crippen molar-refractivity contribution in [3.8, 4) is 0 Å². The van der Waals surface area contributed by atoms with Gasteiger partial charge in [0.15, 0.2) is 0 Å². The minimum absolute atomic E-state index is 0.222. The molecule has 0 saturated carbocycles. The van der Waals surface area contributed by atoms with Crippen molar-refractivity contribution in [2.24, 2.45) is 0 Å².